The van der Waals surface area contributed by atoms with E-state index in [4.69, 9.17) is 5.11 Å². The molecule has 200 valence electrons. The first-order valence-corrected chi connectivity index (χ1v) is 11.1. The number of aromatic nitrogens is 2. The lowest BCUT2D eigenvalue weighted by Crippen LogP contribution is -2.31. The number of alkyl halides is 6. The van der Waals surface area contributed by atoms with Crippen LogP contribution in [0.4, 0.5) is 32.2 Å². The Hall–Kier alpha value is -4.29. The molecule has 4 rings (SSSR count). The Kier molecular flexibility index (Phi) is 6.72. The van der Waals surface area contributed by atoms with Crippen molar-refractivity contribution in [3.8, 4) is 0 Å². The van der Waals surface area contributed by atoms with E-state index in [-0.39, 0.29) is 35.7 Å². The Morgan fingerprint density at radius 3 is 2.32 bits per heavy atom. The fourth-order valence-electron chi connectivity index (χ4n) is 4.16. The zero-order valence-electron chi connectivity index (χ0n) is 19.7. The lowest BCUT2D eigenvalue weighted by atomic mass is 10.1. The molecule has 2 heterocycles. The largest absolute Gasteiger partial charge is 0.478 e. The molecule has 1 aliphatic heterocycles. The Labute approximate surface area is 212 Å². The topological polar surface area (TPSA) is 87.5 Å². The van der Waals surface area contributed by atoms with E-state index in [2.05, 4.69) is 17.0 Å². The summed E-state index contributed by atoms with van der Waals surface area (Å²) in [6.07, 6.45) is -9.63. The van der Waals surface area contributed by atoms with Crippen LogP contribution in [0.5, 0.6) is 0 Å². The highest BCUT2D eigenvalue weighted by Gasteiger charge is 2.45. The molecule has 0 saturated carbocycles. The number of rotatable bonds is 6. The molecule has 1 unspecified atom stereocenters. The van der Waals surface area contributed by atoms with Gasteiger partial charge in [0.1, 0.15) is 11.4 Å². The zero-order chi connectivity index (χ0) is 28.0. The van der Waals surface area contributed by atoms with E-state index in [1.54, 1.807) is 0 Å². The van der Waals surface area contributed by atoms with Crippen LogP contribution in [0.2, 0.25) is 0 Å². The number of benzene rings is 2. The van der Waals surface area contributed by atoms with Gasteiger partial charge < -0.3 is 15.3 Å². The highest BCUT2D eigenvalue weighted by molar-refractivity contribution is 6.02. The first kappa shape index (κ1) is 26.8. The third-order valence-corrected chi connectivity index (χ3v) is 5.96. The summed E-state index contributed by atoms with van der Waals surface area (Å²) in [6.45, 7) is 4.90. The van der Waals surface area contributed by atoms with Gasteiger partial charge in [-0.2, -0.15) is 31.4 Å². The quantitative estimate of drug-likeness (QED) is 0.399. The average molecular weight is 538 g/mol. The number of aromatic carboxylic acids is 1. The lowest BCUT2D eigenvalue weighted by Gasteiger charge is -2.21. The summed E-state index contributed by atoms with van der Waals surface area (Å²) in [5, 5.41) is 15.1. The fraction of sp³-hybridized carbons (Fsp3) is 0.240. The predicted molar refractivity (Wildman–Crippen MR) is 124 cm³/mol. The number of nitrogens with one attached hydrogen (secondary N) is 1. The van der Waals surface area contributed by atoms with Crippen molar-refractivity contribution < 1.29 is 41.0 Å². The number of amides is 1. The summed E-state index contributed by atoms with van der Waals surface area (Å²) in [7, 11) is 0. The van der Waals surface area contributed by atoms with Crippen LogP contribution in [0.25, 0.3) is 5.70 Å². The van der Waals surface area contributed by atoms with Crippen molar-refractivity contribution in [2.45, 2.75) is 31.9 Å². The van der Waals surface area contributed by atoms with Crippen molar-refractivity contribution in [3.63, 3.8) is 0 Å². The van der Waals surface area contributed by atoms with Gasteiger partial charge >= 0.3 is 18.3 Å². The van der Waals surface area contributed by atoms with Gasteiger partial charge in [-0.05, 0) is 42.3 Å². The van der Waals surface area contributed by atoms with Crippen LogP contribution in [0.15, 0.2) is 55.1 Å². The van der Waals surface area contributed by atoms with E-state index < -0.39 is 47.1 Å². The van der Waals surface area contributed by atoms with Crippen molar-refractivity contribution >= 4 is 23.4 Å². The van der Waals surface area contributed by atoms with Crippen LogP contribution >= 0.6 is 0 Å². The van der Waals surface area contributed by atoms with E-state index in [0.717, 1.165) is 16.8 Å². The monoisotopic (exact) mass is 538 g/mol. The Bertz CT molecular complexity index is 1410. The minimum absolute atomic E-state index is 0.00941. The van der Waals surface area contributed by atoms with Gasteiger partial charge in [0.05, 0.1) is 29.4 Å². The molecule has 1 atom stereocenters. The summed E-state index contributed by atoms with van der Waals surface area (Å²) >= 11 is 0. The molecule has 13 heteroatoms. The second kappa shape index (κ2) is 9.54. The molecular formula is C25H20F6N4O3. The van der Waals surface area contributed by atoms with Gasteiger partial charge in [0.15, 0.2) is 5.69 Å². The molecule has 0 radical (unpaired) electrons. The maximum absolute atomic E-state index is 13.9. The van der Waals surface area contributed by atoms with Crippen LogP contribution in [-0.2, 0) is 18.9 Å². The third-order valence-electron chi connectivity index (χ3n) is 5.96. The first-order chi connectivity index (χ1) is 17.7. The van der Waals surface area contributed by atoms with Crippen LogP contribution < -0.4 is 10.2 Å². The summed E-state index contributed by atoms with van der Waals surface area (Å²) in [4.78, 5) is 25.6. The standard InChI is InChI=1S/C25H20F6N4O3/c1-13-11-34(12-15-4-3-5-18(10-15)24(26,27)28)22-19(20(25(29,30)31)33-35(13)22)21(36)32-14(2)16-6-8-17(9-7-16)23(37)38/h3-10,14H,1,11-12H2,2H3,(H,32,36)(H,37,38). The summed E-state index contributed by atoms with van der Waals surface area (Å²) < 4.78 is 82.1. The molecule has 0 spiro atoms. The van der Waals surface area contributed by atoms with Crippen molar-refractivity contribution in [1.82, 2.24) is 15.1 Å². The van der Waals surface area contributed by atoms with Gasteiger partial charge in [0.2, 0.25) is 0 Å². The van der Waals surface area contributed by atoms with Crippen LogP contribution in [0, 0.1) is 0 Å². The van der Waals surface area contributed by atoms with Gasteiger partial charge in [-0.15, -0.1) is 0 Å². The van der Waals surface area contributed by atoms with E-state index in [9.17, 15) is 35.9 Å². The average Bonchev–Trinajstić information content (AvgIpc) is 3.37. The molecule has 0 bridgehead atoms. The second-order valence-corrected chi connectivity index (χ2v) is 8.70. The molecule has 0 saturated heterocycles. The number of carboxylic acids is 1. The zero-order valence-corrected chi connectivity index (χ0v) is 19.7. The van der Waals surface area contributed by atoms with Gasteiger partial charge in [-0.25, -0.2) is 9.48 Å². The number of carbonyl (C=O) groups is 2. The van der Waals surface area contributed by atoms with Gasteiger partial charge in [0, 0.05) is 6.54 Å². The number of fused-ring (bicyclic) bond motifs is 1. The molecule has 1 aromatic heterocycles. The second-order valence-electron chi connectivity index (χ2n) is 8.70. The van der Waals surface area contributed by atoms with E-state index in [1.165, 1.54) is 48.2 Å². The maximum atomic E-state index is 13.9. The van der Waals surface area contributed by atoms with Crippen molar-refractivity contribution in [2.75, 3.05) is 11.4 Å². The van der Waals surface area contributed by atoms with E-state index in [0.29, 0.717) is 5.56 Å². The Morgan fingerprint density at radius 2 is 1.74 bits per heavy atom. The van der Waals surface area contributed by atoms with E-state index >= 15 is 0 Å². The van der Waals surface area contributed by atoms with Gasteiger partial charge in [-0.1, -0.05) is 30.8 Å². The van der Waals surface area contributed by atoms with Gasteiger partial charge in [-0.3, -0.25) is 4.79 Å². The number of hydrogen-bond donors (Lipinski definition) is 2. The molecule has 2 N–H and O–H groups in total. The van der Waals surface area contributed by atoms with Crippen molar-refractivity contribution in [3.05, 3.63) is 88.6 Å². The molecular weight excluding hydrogens is 518 g/mol. The Balaban J connectivity index is 1.69. The third kappa shape index (κ3) is 5.22. The molecule has 0 fully saturated rings. The normalized spacial score (nSPS) is 14.4. The number of carboxylic acid groups (broad SMARTS) is 1. The van der Waals surface area contributed by atoms with Crippen molar-refractivity contribution in [1.29, 1.82) is 0 Å². The highest BCUT2D eigenvalue weighted by Crippen LogP contribution is 2.41. The SMILES string of the molecule is C=C1CN(Cc2cccc(C(F)(F)F)c2)c2c(C(=O)NC(C)c3ccc(C(=O)O)cc3)c(C(F)(F)F)nn21. The minimum atomic E-state index is -5.02. The first-order valence-electron chi connectivity index (χ1n) is 11.1. The number of halogens is 6. The minimum Gasteiger partial charge on any atom is -0.478 e. The molecule has 2 aromatic carbocycles. The number of nitrogens with zero attached hydrogens (tertiary/aromatic N) is 3. The van der Waals surface area contributed by atoms with Crippen LogP contribution in [-0.4, -0.2) is 33.3 Å². The number of anilines is 1. The molecule has 1 aliphatic rings. The summed E-state index contributed by atoms with van der Waals surface area (Å²) in [6, 6.07) is 8.95. The molecule has 0 aliphatic carbocycles. The number of hydrogen-bond acceptors (Lipinski definition) is 4. The molecule has 1 amide bonds. The van der Waals surface area contributed by atoms with Crippen LogP contribution in [0.3, 0.4) is 0 Å². The fourth-order valence-corrected chi connectivity index (χ4v) is 4.16. The smallest absolute Gasteiger partial charge is 0.436 e. The summed E-state index contributed by atoms with van der Waals surface area (Å²) in [5.41, 5.74) is -2.48. The summed E-state index contributed by atoms with van der Waals surface area (Å²) in [5.74, 6) is -2.53. The highest BCUT2D eigenvalue weighted by atomic mass is 19.4. The molecule has 38 heavy (non-hydrogen) atoms. The lowest BCUT2D eigenvalue weighted by molar-refractivity contribution is -0.141. The number of carbonyl (C=O) groups excluding carboxylic acids is 1. The molecule has 3 aromatic rings. The van der Waals surface area contributed by atoms with Crippen LogP contribution in [0.1, 0.15) is 56.1 Å². The predicted octanol–water partition coefficient (Wildman–Crippen LogP) is 5.60. The molecule has 7 nitrogen and oxygen atoms in total. The van der Waals surface area contributed by atoms with Gasteiger partial charge in [0.25, 0.3) is 5.91 Å². The van der Waals surface area contributed by atoms with Crippen molar-refractivity contribution in [2.24, 2.45) is 0 Å². The Morgan fingerprint density at radius 1 is 1.08 bits per heavy atom. The van der Waals surface area contributed by atoms with E-state index in [1.807, 2.05) is 0 Å². The maximum Gasteiger partial charge on any atom is 0.436 e.